The molecule has 0 heterocycles. The molecule has 0 bridgehead atoms. The van der Waals surface area contributed by atoms with E-state index in [9.17, 15) is 0 Å². The summed E-state index contributed by atoms with van der Waals surface area (Å²) in [6, 6.07) is 1.25. The van der Waals surface area contributed by atoms with Crippen molar-refractivity contribution in [2.45, 2.75) is 51.1 Å². The summed E-state index contributed by atoms with van der Waals surface area (Å²) in [5, 5.41) is 3.67. The SMILES string of the molecule is COCCN(CCCNC1CCCC1)C(C)COC. The molecule has 0 radical (unpaired) electrons. The Morgan fingerprint density at radius 2 is 1.89 bits per heavy atom. The normalized spacial score (nSPS) is 18.3. The molecule has 0 amide bonds. The Hall–Kier alpha value is -0.160. The molecule has 1 unspecified atom stereocenters. The van der Waals surface area contributed by atoms with Crippen molar-refractivity contribution in [1.82, 2.24) is 10.2 Å². The number of rotatable bonds is 11. The molecule has 114 valence electrons. The Balaban J connectivity index is 2.15. The summed E-state index contributed by atoms with van der Waals surface area (Å²) in [6.07, 6.45) is 6.75. The van der Waals surface area contributed by atoms with E-state index in [0.29, 0.717) is 6.04 Å². The molecule has 1 rings (SSSR count). The molecule has 0 aliphatic heterocycles. The van der Waals surface area contributed by atoms with Crippen LogP contribution in [0.1, 0.15) is 39.0 Å². The van der Waals surface area contributed by atoms with E-state index >= 15 is 0 Å². The molecule has 1 N–H and O–H groups in total. The van der Waals surface area contributed by atoms with E-state index < -0.39 is 0 Å². The van der Waals surface area contributed by atoms with E-state index in [0.717, 1.165) is 38.9 Å². The first-order valence-electron chi connectivity index (χ1n) is 7.73. The van der Waals surface area contributed by atoms with Gasteiger partial charge < -0.3 is 14.8 Å². The molecule has 0 aromatic heterocycles. The average Bonchev–Trinajstić information content (AvgIpc) is 2.91. The van der Waals surface area contributed by atoms with Crippen molar-refractivity contribution < 1.29 is 9.47 Å². The topological polar surface area (TPSA) is 33.7 Å². The van der Waals surface area contributed by atoms with Crippen LogP contribution in [0.4, 0.5) is 0 Å². The van der Waals surface area contributed by atoms with Gasteiger partial charge in [0.05, 0.1) is 13.2 Å². The second-order valence-corrected chi connectivity index (χ2v) is 5.62. The van der Waals surface area contributed by atoms with Crippen molar-refractivity contribution in [1.29, 1.82) is 0 Å². The van der Waals surface area contributed by atoms with Crippen LogP contribution in [0.2, 0.25) is 0 Å². The molecule has 1 atom stereocenters. The van der Waals surface area contributed by atoms with E-state index in [1.807, 2.05) is 0 Å². The first-order chi connectivity index (χ1) is 9.27. The van der Waals surface area contributed by atoms with Crippen LogP contribution in [0, 0.1) is 0 Å². The van der Waals surface area contributed by atoms with Crippen molar-refractivity contribution in [3.8, 4) is 0 Å². The summed E-state index contributed by atoms with van der Waals surface area (Å²) in [4.78, 5) is 2.46. The highest BCUT2D eigenvalue weighted by atomic mass is 16.5. The summed E-state index contributed by atoms with van der Waals surface area (Å²) in [5.74, 6) is 0. The molecule has 0 aromatic carbocycles. The average molecular weight is 272 g/mol. The standard InChI is InChI=1S/C15H32N2O2/c1-14(13-19-3)17(11-12-18-2)10-6-9-16-15-7-4-5-8-15/h14-16H,4-13H2,1-3H3. The minimum Gasteiger partial charge on any atom is -0.383 e. The van der Waals surface area contributed by atoms with Crippen LogP contribution in [0.3, 0.4) is 0 Å². The van der Waals surface area contributed by atoms with Gasteiger partial charge in [-0.15, -0.1) is 0 Å². The molecule has 0 aromatic rings. The zero-order valence-electron chi connectivity index (χ0n) is 13.0. The minimum absolute atomic E-state index is 0.464. The lowest BCUT2D eigenvalue weighted by Gasteiger charge is -2.28. The molecular weight excluding hydrogens is 240 g/mol. The monoisotopic (exact) mass is 272 g/mol. The second kappa shape index (κ2) is 10.6. The van der Waals surface area contributed by atoms with Gasteiger partial charge in [0.25, 0.3) is 0 Å². The van der Waals surface area contributed by atoms with Gasteiger partial charge in [-0.05, 0) is 39.3 Å². The molecule has 0 spiro atoms. The van der Waals surface area contributed by atoms with Crippen molar-refractivity contribution in [3.05, 3.63) is 0 Å². The molecule has 1 aliphatic rings. The summed E-state index contributed by atoms with van der Waals surface area (Å²) in [6.45, 7) is 7.05. The van der Waals surface area contributed by atoms with E-state index in [1.165, 1.54) is 32.1 Å². The first-order valence-corrected chi connectivity index (χ1v) is 7.73. The lowest BCUT2D eigenvalue weighted by molar-refractivity contribution is 0.0743. The van der Waals surface area contributed by atoms with Crippen LogP contribution < -0.4 is 5.32 Å². The third-order valence-corrected chi connectivity index (χ3v) is 4.02. The van der Waals surface area contributed by atoms with E-state index in [4.69, 9.17) is 9.47 Å². The summed E-state index contributed by atoms with van der Waals surface area (Å²) in [7, 11) is 3.54. The van der Waals surface area contributed by atoms with Crippen LogP contribution in [-0.4, -0.2) is 64.1 Å². The fraction of sp³-hybridized carbons (Fsp3) is 1.00. The van der Waals surface area contributed by atoms with Crippen LogP contribution in [-0.2, 0) is 9.47 Å². The zero-order valence-corrected chi connectivity index (χ0v) is 13.0. The third kappa shape index (κ3) is 7.25. The lowest BCUT2D eigenvalue weighted by Crippen LogP contribution is -2.40. The molecular formula is C15H32N2O2. The Morgan fingerprint density at radius 1 is 1.16 bits per heavy atom. The molecule has 1 fully saturated rings. The smallest absolute Gasteiger partial charge is 0.0615 e. The first kappa shape index (κ1) is 16.9. The van der Waals surface area contributed by atoms with Crippen LogP contribution in [0.25, 0.3) is 0 Å². The van der Waals surface area contributed by atoms with Gasteiger partial charge in [0.15, 0.2) is 0 Å². The van der Waals surface area contributed by atoms with Gasteiger partial charge in [0.2, 0.25) is 0 Å². The molecule has 1 aliphatic carbocycles. The quantitative estimate of drug-likeness (QED) is 0.582. The van der Waals surface area contributed by atoms with Crippen LogP contribution in [0.15, 0.2) is 0 Å². The van der Waals surface area contributed by atoms with Gasteiger partial charge in [-0.3, -0.25) is 4.90 Å². The summed E-state index contributed by atoms with van der Waals surface area (Å²) in [5.41, 5.74) is 0. The maximum absolute atomic E-state index is 5.25. The summed E-state index contributed by atoms with van der Waals surface area (Å²) < 4.78 is 10.4. The number of hydrogen-bond acceptors (Lipinski definition) is 4. The highest BCUT2D eigenvalue weighted by molar-refractivity contribution is 4.74. The molecule has 19 heavy (non-hydrogen) atoms. The maximum atomic E-state index is 5.25. The fourth-order valence-electron chi connectivity index (χ4n) is 2.83. The van der Waals surface area contributed by atoms with Gasteiger partial charge in [-0.1, -0.05) is 12.8 Å². The Bertz CT molecular complexity index is 208. The van der Waals surface area contributed by atoms with Crippen molar-refractivity contribution in [3.63, 3.8) is 0 Å². The number of ether oxygens (including phenoxy) is 2. The number of methoxy groups -OCH3 is 2. The van der Waals surface area contributed by atoms with E-state index in [1.54, 1.807) is 14.2 Å². The van der Waals surface area contributed by atoms with E-state index in [-0.39, 0.29) is 0 Å². The van der Waals surface area contributed by atoms with Crippen LogP contribution in [0.5, 0.6) is 0 Å². The predicted octanol–water partition coefficient (Wildman–Crippen LogP) is 1.89. The van der Waals surface area contributed by atoms with Gasteiger partial charge in [-0.2, -0.15) is 0 Å². The van der Waals surface area contributed by atoms with Gasteiger partial charge in [0.1, 0.15) is 0 Å². The van der Waals surface area contributed by atoms with Crippen molar-refractivity contribution in [2.24, 2.45) is 0 Å². The highest BCUT2D eigenvalue weighted by Crippen LogP contribution is 2.17. The molecule has 1 saturated carbocycles. The Labute approximate surface area is 118 Å². The Morgan fingerprint density at radius 3 is 2.53 bits per heavy atom. The van der Waals surface area contributed by atoms with Crippen molar-refractivity contribution in [2.75, 3.05) is 47.1 Å². The number of hydrogen-bond donors (Lipinski definition) is 1. The second-order valence-electron chi connectivity index (χ2n) is 5.62. The predicted molar refractivity (Wildman–Crippen MR) is 79.7 cm³/mol. The summed E-state index contributed by atoms with van der Waals surface area (Å²) >= 11 is 0. The maximum Gasteiger partial charge on any atom is 0.0615 e. The third-order valence-electron chi connectivity index (χ3n) is 4.02. The lowest BCUT2D eigenvalue weighted by atomic mass is 10.2. The van der Waals surface area contributed by atoms with Crippen LogP contribution >= 0.6 is 0 Å². The minimum atomic E-state index is 0.464. The van der Waals surface area contributed by atoms with Gasteiger partial charge in [0, 0.05) is 32.8 Å². The largest absolute Gasteiger partial charge is 0.383 e. The van der Waals surface area contributed by atoms with Gasteiger partial charge in [-0.25, -0.2) is 0 Å². The number of nitrogens with zero attached hydrogens (tertiary/aromatic N) is 1. The fourth-order valence-corrected chi connectivity index (χ4v) is 2.83. The molecule has 4 nitrogen and oxygen atoms in total. The van der Waals surface area contributed by atoms with E-state index in [2.05, 4.69) is 17.1 Å². The molecule has 4 heteroatoms. The van der Waals surface area contributed by atoms with Gasteiger partial charge >= 0.3 is 0 Å². The van der Waals surface area contributed by atoms with Crippen molar-refractivity contribution >= 4 is 0 Å². The zero-order chi connectivity index (χ0) is 13.9. The number of nitrogens with one attached hydrogen (secondary N) is 1. The Kier molecular flexibility index (Phi) is 9.43. The highest BCUT2D eigenvalue weighted by Gasteiger charge is 2.15. The molecule has 0 saturated heterocycles.